The van der Waals surface area contributed by atoms with Gasteiger partial charge in [0.25, 0.3) is 0 Å². The number of carbonyl (C=O) groups is 1. The van der Waals surface area contributed by atoms with E-state index in [1.165, 1.54) is 0 Å². The molecule has 2 aromatic rings. The van der Waals surface area contributed by atoms with Crippen molar-refractivity contribution in [3.8, 4) is 0 Å². The largest absolute Gasteiger partial charge is 0.460 e. The standard InChI is InChI=1S/C16H14BrNO2/c17-12-7-5-11(6-8-12)10-20-16(19)14-9-18-15-4-2-1-3-13(14)15/h1-8,14,18H,9-10H2. The third kappa shape index (κ3) is 2.70. The Labute approximate surface area is 126 Å². The minimum absolute atomic E-state index is 0.176. The van der Waals surface area contributed by atoms with E-state index in [4.69, 9.17) is 4.74 Å². The summed E-state index contributed by atoms with van der Waals surface area (Å²) >= 11 is 3.38. The Morgan fingerprint density at radius 3 is 2.75 bits per heavy atom. The number of nitrogens with one attached hydrogen (secondary N) is 1. The summed E-state index contributed by atoms with van der Waals surface area (Å²) in [6.07, 6.45) is 0. The topological polar surface area (TPSA) is 38.3 Å². The highest BCUT2D eigenvalue weighted by atomic mass is 79.9. The second kappa shape index (κ2) is 5.67. The van der Waals surface area contributed by atoms with Crippen LogP contribution in [0.2, 0.25) is 0 Å². The number of ether oxygens (including phenoxy) is 1. The first kappa shape index (κ1) is 13.2. The van der Waals surface area contributed by atoms with Crippen LogP contribution >= 0.6 is 15.9 Å². The van der Waals surface area contributed by atoms with E-state index in [0.717, 1.165) is 21.3 Å². The Bertz CT molecular complexity index is 625. The Hall–Kier alpha value is -1.81. The normalized spacial score (nSPS) is 16.4. The first-order chi connectivity index (χ1) is 9.74. The SMILES string of the molecule is O=C(OCc1ccc(Br)cc1)C1CNc2ccccc21. The van der Waals surface area contributed by atoms with Crippen molar-refractivity contribution in [3.63, 3.8) is 0 Å². The van der Waals surface area contributed by atoms with E-state index >= 15 is 0 Å². The number of fused-ring (bicyclic) bond motifs is 1. The van der Waals surface area contributed by atoms with Crippen molar-refractivity contribution >= 4 is 27.6 Å². The van der Waals surface area contributed by atoms with Gasteiger partial charge in [-0.15, -0.1) is 0 Å². The molecule has 4 heteroatoms. The number of hydrogen-bond acceptors (Lipinski definition) is 3. The predicted molar refractivity (Wildman–Crippen MR) is 81.6 cm³/mol. The minimum atomic E-state index is -0.207. The zero-order chi connectivity index (χ0) is 13.9. The molecule has 0 fully saturated rings. The van der Waals surface area contributed by atoms with Gasteiger partial charge < -0.3 is 10.1 Å². The molecule has 1 aliphatic heterocycles. The lowest BCUT2D eigenvalue weighted by atomic mass is 10.0. The van der Waals surface area contributed by atoms with E-state index in [-0.39, 0.29) is 11.9 Å². The monoisotopic (exact) mass is 331 g/mol. The van der Waals surface area contributed by atoms with E-state index in [0.29, 0.717) is 13.2 Å². The van der Waals surface area contributed by atoms with Crippen molar-refractivity contribution in [2.45, 2.75) is 12.5 Å². The predicted octanol–water partition coefficient (Wildman–Crippen LogP) is 3.70. The molecule has 0 spiro atoms. The molecule has 1 N–H and O–H groups in total. The summed E-state index contributed by atoms with van der Waals surface area (Å²) in [5.74, 6) is -0.382. The molecule has 0 saturated heterocycles. The molecule has 1 atom stereocenters. The molecule has 1 unspecified atom stereocenters. The van der Waals surface area contributed by atoms with Gasteiger partial charge in [0, 0.05) is 16.7 Å². The average molecular weight is 332 g/mol. The highest BCUT2D eigenvalue weighted by molar-refractivity contribution is 9.10. The van der Waals surface area contributed by atoms with E-state index in [1.807, 2.05) is 48.5 Å². The fraction of sp³-hybridized carbons (Fsp3) is 0.188. The number of benzene rings is 2. The van der Waals surface area contributed by atoms with Crippen LogP contribution in [0.15, 0.2) is 53.0 Å². The van der Waals surface area contributed by atoms with Crippen LogP contribution < -0.4 is 5.32 Å². The van der Waals surface area contributed by atoms with Crippen molar-refractivity contribution < 1.29 is 9.53 Å². The smallest absolute Gasteiger partial charge is 0.315 e. The summed E-state index contributed by atoms with van der Waals surface area (Å²) in [5.41, 5.74) is 3.03. The van der Waals surface area contributed by atoms with E-state index in [9.17, 15) is 4.79 Å². The van der Waals surface area contributed by atoms with Gasteiger partial charge in [0.2, 0.25) is 0 Å². The molecule has 102 valence electrons. The maximum Gasteiger partial charge on any atom is 0.315 e. The fourth-order valence-corrected chi connectivity index (χ4v) is 2.59. The summed E-state index contributed by atoms with van der Waals surface area (Å²) < 4.78 is 6.43. The Morgan fingerprint density at radius 2 is 1.95 bits per heavy atom. The molecule has 2 aromatic carbocycles. The Kier molecular flexibility index (Phi) is 3.74. The van der Waals surface area contributed by atoms with Gasteiger partial charge in [-0.2, -0.15) is 0 Å². The first-order valence-corrected chi connectivity index (χ1v) is 7.27. The van der Waals surface area contributed by atoms with Gasteiger partial charge in [0.05, 0.1) is 0 Å². The Morgan fingerprint density at radius 1 is 1.20 bits per heavy atom. The van der Waals surface area contributed by atoms with Crippen LogP contribution in [0.25, 0.3) is 0 Å². The maximum absolute atomic E-state index is 12.2. The van der Waals surface area contributed by atoms with Crippen LogP contribution in [0.5, 0.6) is 0 Å². The number of carbonyl (C=O) groups excluding carboxylic acids is 1. The summed E-state index contributed by atoms with van der Waals surface area (Å²) in [6.45, 7) is 0.920. The van der Waals surface area contributed by atoms with Gasteiger partial charge in [-0.25, -0.2) is 0 Å². The number of halogens is 1. The van der Waals surface area contributed by atoms with Gasteiger partial charge in [0.1, 0.15) is 12.5 Å². The number of esters is 1. The van der Waals surface area contributed by atoms with Crippen molar-refractivity contribution in [1.82, 2.24) is 0 Å². The first-order valence-electron chi connectivity index (χ1n) is 6.48. The molecule has 3 rings (SSSR count). The average Bonchev–Trinajstić information content (AvgIpc) is 2.90. The van der Waals surface area contributed by atoms with Gasteiger partial charge in [0.15, 0.2) is 0 Å². The molecule has 0 aliphatic carbocycles. The van der Waals surface area contributed by atoms with Crippen LogP contribution in [-0.4, -0.2) is 12.5 Å². The van der Waals surface area contributed by atoms with Crippen molar-refractivity contribution in [2.24, 2.45) is 0 Å². The van der Waals surface area contributed by atoms with Gasteiger partial charge in [-0.3, -0.25) is 4.79 Å². The molecule has 3 nitrogen and oxygen atoms in total. The highest BCUT2D eigenvalue weighted by Gasteiger charge is 2.29. The summed E-state index contributed by atoms with van der Waals surface area (Å²) in [4.78, 5) is 12.2. The zero-order valence-corrected chi connectivity index (χ0v) is 12.4. The second-order valence-corrected chi connectivity index (χ2v) is 5.67. The van der Waals surface area contributed by atoms with Crippen LogP contribution in [-0.2, 0) is 16.1 Å². The third-order valence-electron chi connectivity index (χ3n) is 3.41. The lowest BCUT2D eigenvalue weighted by Gasteiger charge is -2.10. The van der Waals surface area contributed by atoms with Gasteiger partial charge in [-0.05, 0) is 29.3 Å². The third-order valence-corrected chi connectivity index (χ3v) is 3.94. The minimum Gasteiger partial charge on any atom is -0.460 e. The number of anilines is 1. The second-order valence-electron chi connectivity index (χ2n) is 4.75. The molecular weight excluding hydrogens is 318 g/mol. The summed E-state index contributed by atoms with van der Waals surface area (Å²) in [5, 5.41) is 3.23. The van der Waals surface area contributed by atoms with Crippen LogP contribution in [0, 0.1) is 0 Å². The molecule has 0 bridgehead atoms. The number of rotatable bonds is 3. The maximum atomic E-state index is 12.2. The quantitative estimate of drug-likeness (QED) is 0.871. The molecule has 0 saturated carbocycles. The molecule has 20 heavy (non-hydrogen) atoms. The summed E-state index contributed by atoms with van der Waals surface area (Å²) in [7, 11) is 0. The Balaban J connectivity index is 1.65. The van der Waals surface area contributed by atoms with Crippen molar-refractivity contribution in [3.05, 3.63) is 64.1 Å². The lowest BCUT2D eigenvalue weighted by Crippen LogP contribution is -2.17. The molecular formula is C16H14BrNO2. The van der Waals surface area contributed by atoms with Crippen LogP contribution in [0.4, 0.5) is 5.69 Å². The van der Waals surface area contributed by atoms with E-state index in [2.05, 4.69) is 21.2 Å². The van der Waals surface area contributed by atoms with E-state index in [1.54, 1.807) is 0 Å². The van der Waals surface area contributed by atoms with E-state index < -0.39 is 0 Å². The van der Waals surface area contributed by atoms with Crippen molar-refractivity contribution in [2.75, 3.05) is 11.9 Å². The summed E-state index contributed by atoms with van der Waals surface area (Å²) in [6, 6.07) is 15.6. The zero-order valence-electron chi connectivity index (χ0n) is 10.8. The van der Waals surface area contributed by atoms with Gasteiger partial charge >= 0.3 is 5.97 Å². The van der Waals surface area contributed by atoms with Crippen molar-refractivity contribution in [1.29, 1.82) is 0 Å². The van der Waals surface area contributed by atoms with Crippen LogP contribution in [0.3, 0.4) is 0 Å². The van der Waals surface area contributed by atoms with Crippen LogP contribution in [0.1, 0.15) is 17.0 Å². The molecule has 0 aromatic heterocycles. The molecule has 1 aliphatic rings. The number of para-hydroxylation sites is 1. The number of hydrogen-bond donors (Lipinski definition) is 1. The molecule has 0 amide bonds. The van der Waals surface area contributed by atoms with Gasteiger partial charge in [-0.1, -0.05) is 46.3 Å². The highest BCUT2D eigenvalue weighted by Crippen LogP contribution is 2.31. The fourth-order valence-electron chi connectivity index (χ4n) is 2.33. The molecule has 0 radical (unpaired) electrons. The molecule has 1 heterocycles. The lowest BCUT2D eigenvalue weighted by molar-refractivity contribution is -0.146.